The monoisotopic (exact) mass is 239 g/mol. The number of aryl methyl sites for hydroxylation is 1. The fourth-order valence-electron chi connectivity index (χ4n) is 1.94. The van der Waals surface area contributed by atoms with Gasteiger partial charge in [-0.05, 0) is 18.2 Å². The lowest BCUT2D eigenvalue weighted by molar-refractivity contribution is 0.771. The van der Waals surface area contributed by atoms with Gasteiger partial charge in [0.25, 0.3) is 0 Å². The molecule has 2 aromatic heterocycles. The van der Waals surface area contributed by atoms with Gasteiger partial charge in [0.2, 0.25) is 0 Å². The molecule has 3 rings (SSSR count). The standard InChI is InChI=1S/C13H13N5/c1-18-7-5-13(17-18)16-12-3-2-11(14)10-8-15-6-4-9(10)12/h2-8H,14H2,1H3,(H,16,17). The van der Waals surface area contributed by atoms with E-state index in [2.05, 4.69) is 15.4 Å². The highest BCUT2D eigenvalue weighted by atomic mass is 15.3. The summed E-state index contributed by atoms with van der Waals surface area (Å²) < 4.78 is 1.75. The van der Waals surface area contributed by atoms with E-state index in [1.807, 2.05) is 37.5 Å². The maximum Gasteiger partial charge on any atom is 0.152 e. The molecule has 1 aromatic carbocycles. The van der Waals surface area contributed by atoms with Crippen LogP contribution in [0, 0.1) is 0 Å². The average molecular weight is 239 g/mol. The SMILES string of the molecule is Cn1ccc(Nc2ccc(N)c3cnccc23)n1. The molecule has 5 heteroatoms. The van der Waals surface area contributed by atoms with Crippen molar-refractivity contribution in [1.29, 1.82) is 0 Å². The van der Waals surface area contributed by atoms with Crippen molar-refractivity contribution < 1.29 is 0 Å². The van der Waals surface area contributed by atoms with Gasteiger partial charge in [-0.1, -0.05) is 0 Å². The number of aromatic nitrogens is 3. The van der Waals surface area contributed by atoms with Gasteiger partial charge in [0, 0.05) is 53.9 Å². The summed E-state index contributed by atoms with van der Waals surface area (Å²) in [5.41, 5.74) is 7.63. The van der Waals surface area contributed by atoms with Crippen LogP contribution in [-0.4, -0.2) is 14.8 Å². The van der Waals surface area contributed by atoms with Crippen molar-refractivity contribution in [3.63, 3.8) is 0 Å². The molecule has 3 N–H and O–H groups in total. The number of nitrogens with one attached hydrogen (secondary N) is 1. The number of nitrogen functional groups attached to an aromatic ring is 1. The van der Waals surface area contributed by atoms with E-state index in [1.54, 1.807) is 17.1 Å². The molecule has 0 aliphatic rings. The quantitative estimate of drug-likeness (QED) is 0.673. The van der Waals surface area contributed by atoms with Crippen molar-refractivity contribution in [3.05, 3.63) is 42.9 Å². The smallest absolute Gasteiger partial charge is 0.152 e. The van der Waals surface area contributed by atoms with Crippen LogP contribution in [0.2, 0.25) is 0 Å². The maximum atomic E-state index is 5.94. The molecule has 90 valence electrons. The van der Waals surface area contributed by atoms with E-state index in [0.717, 1.165) is 28.0 Å². The molecule has 0 bridgehead atoms. The molecule has 5 nitrogen and oxygen atoms in total. The summed E-state index contributed by atoms with van der Waals surface area (Å²) >= 11 is 0. The Balaban J connectivity index is 2.09. The first-order chi connectivity index (χ1) is 8.74. The number of hydrogen-bond donors (Lipinski definition) is 2. The van der Waals surface area contributed by atoms with Crippen LogP contribution >= 0.6 is 0 Å². The van der Waals surface area contributed by atoms with Crippen LogP contribution in [-0.2, 0) is 7.05 Å². The summed E-state index contributed by atoms with van der Waals surface area (Å²) in [4.78, 5) is 4.10. The summed E-state index contributed by atoms with van der Waals surface area (Å²) in [6.07, 6.45) is 5.42. The maximum absolute atomic E-state index is 5.94. The Bertz CT molecular complexity index is 701. The topological polar surface area (TPSA) is 68.8 Å². The highest BCUT2D eigenvalue weighted by molar-refractivity contribution is 6.01. The lowest BCUT2D eigenvalue weighted by Crippen LogP contribution is -1.96. The molecule has 0 spiro atoms. The molecular formula is C13H13N5. The molecule has 0 saturated heterocycles. The van der Waals surface area contributed by atoms with Gasteiger partial charge in [-0.3, -0.25) is 9.67 Å². The van der Waals surface area contributed by atoms with Gasteiger partial charge in [0.1, 0.15) is 0 Å². The lowest BCUT2D eigenvalue weighted by Gasteiger charge is -2.09. The van der Waals surface area contributed by atoms with Gasteiger partial charge >= 0.3 is 0 Å². The highest BCUT2D eigenvalue weighted by Crippen LogP contribution is 2.29. The molecule has 3 aromatic rings. The Morgan fingerprint density at radius 1 is 1.17 bits per heavy atom. The number of anilines is 3. The Kier molecular flexibility index (Phi) is 2.37. The molecule has 0 aliphatic carbocycles. The Morgan fingerprint density at radius 3 is 2.83 bits per heavy atom. The first kappa shape index (κ1) is 10.6. The summed E-state index contributed by atoms with van der Waals surface area (Å²) in [7, 11) is 1.89. The minimum atomic E-state index is 0.727. The third-order valence-electron chi connectivity index (χ3n) is 2.83. The van der Waals surface area contributed by atoms with E-state index in [-0.39, 0.29) is 0 Å². The van der Waals surface area contributed by atoms with Crippen LogP contribution in [0.15, 0.2) is 42.9 Å². The van der Waals surface area contributed by atoms with Gasteiger partial charge < -0.3 is 11.1 Å². The van der Waals surface area contributed by atoms with Crippen molar-refractivity contribution in [2.24, 2.45) is 7.05 Å². The summed E-state index contributed by atoms with van der Waals surface area (Å²) in [5.74, 6) is 0.806. The minimum absolute atomic E-state index is 0.727. The largest absolute Gasteiger partial charge is 0.398 e. The zero-order chi connectivity index (χ0) is 12.5. The number of nitrogens with two attached hydrogens (primary N) is 1. The number of pyridine rings is 1. The van der Waals surface area contributed by atoms with E-state index in [4.69, 9.17) is 5.73 Å². The van der Waals surface area contributed by atoms with Crippen LogP contribution in [0.25, 0.3) is 10.8 Å². The zero-order valence-electron chi connectivity index (χ0n) is 9.96. The summed E-state index contributed by atoms with van der Waals surface area (Å²) in [6.45, 7) is 0. The fourth-order valence-corrected chi connectivity index (χ4v) is 1.94. The molecular weight excluding hydrogens is 226 g/mol. The number of rotatable bonds is 2. The van der Waals surface area contributed by atoms with Crippen molar-refractivity contribution >= 4 is 28.0 Å². The van der Waals surface area contributed by atoms with Crippen LogP contribution in [0.4, 0.5) is 17.2 Å². The third kappa shape index (κ3) is 1.75. The molecule has 0 unspecified atom stereocenters. The Hall–Kier alpha value is -2.56. The lowest BCUT2D eigenvalue weighted by atomic mass is 10.1. The van der Waals surface area contributed by atoms with Crippen LogP contribution in [0.1, 0.15) is 0 Å². The van der Waals surface area contributed by atoms with Gasteiger partial charge in [-0.25, -0.2) is 0 Å². The molecule has 0 atom stereocenters. The van der Waals surface area contributed by atoms with Crippen molar-refractivity contribution in [3.8, 4) is 0 Å². The number of fused-ring (bicyclic) bond motifs is 1. The van der Waals surface area contributed by atoms with Crippen LogP contribution in [0.5, 0.6) is 0 Å². The minimum Gasteiger partial charge on any atom is -0.398 e. The van der Waals surface area contributed by atoms with Gasteiger partial charge in [-0.2, -0.15) is 5.10 Å². The van der Waals surface area contributed by atoms with Gasteiger partial charge in [-0.15, -0.1) is 0 Å². The number of benzene rings is 1. The van der Waals surface area contributed by atoms with Crippen molar-refractivity contribution in [2.75, 3.05) is 11.1 Å². The zero-order valence-corrected chi connectivity index (χ0v) is 9.96. The van der Waals surface area contributed by atoms with E-state index in [0.29, 0.717) is 0 Å². The first-order valence-electron chi connectivity index (χ1n) is 5.63. The molecule has 0 fully saturated rings. The van der Waals surface area contributed by atoms with Crippen molar-refractivity contribution in [1.82, 2.24) is 14.8 Å². The molecule has 0 saturated carbocycles. The molecule has 18 heavy (non-hydrogen) atoms. The predicted octanol–water partition coefficient (Wildman–Crippen LogP) is 2.29. The van der Waals surface area contributed by atoms with E-state index < -0.39 is 0 Å². The highest BCUT2D eigenvalue weighted by Gasteiger charge is 2.05. The summed E-state index contributed by atoms with van der Waals surface area (Å²) in [5, 5.41) is 9.55. The second kappa shape index (κ2) is 4.03. The third-order valence-corrected chi connectivity index (χ3v) is 2.83. The normalized spacial score (nSPS) is 10.7. The molecule has 0 radical (unpaired) electrons. The fraction of sp³-hybridized carbons (Fsp3) is 0.0769. The van der Waals surface area contributed by atoms with E-state index in [9.17, 15) is 0 Å². The van der Waals surface area contributed by atoms with Crippen LogP contribution in [0.3, 0.4) is 0 Å². The van der Waals surface area contributed by atoms with E-state index in [1.165, 1.54) is 0 Å². The van der Waals surface area contributed by atoms with Crippen LogP contribution < -0.4 is 11.1 Å². The molecule has 2 heterocycles. The second-order valence-corrected chi connectivity index (χ2v) is 4.12. The average Bonchev–Trinajstić information content (AvgIpc) is 2.79. The second-order valence-electron chi connectivity index (χ2n) is 4.12. The van der Waals surface area contributed by atoms with Crippen molar-refractivity contribution in [2.45, 2.75) is 0 Å². The van der Waals surface area contributed by atoms with E-state index >= 15 is 0 Å². The summed E-state index contributed by atoms with van der Waals surface area (Å²) in [6, 6.07) is 7.68. The number of hydrogen-bond acceptors (Lipinski definition) is 4. The Morgan fingerprint density at radius 2 is 2.06 bits per heavy atom. The van der Waals surface area contributed by atoms with Gasteiger partial charge in [0.05, 0.1) is 0 Å². The first-order valence-corrected chi connectivity index (χ1v) is 5.63. The Labute approximate surface area is 104 Å². The van der Waals surface area contributed by atoms with Gasteiger partial charge in [0.15, 0.2) is 5.82 Å². The molecule has 0 aliphatic heterocycles. The predicted molar refractivity (Wildman–Crippen MR) is 72.6 cm³/mol. The number of nitrogens with zero attached hydrogens (tertiary/aromatic N) is 3. The molecule has 0 amide bonds.